The zero-order chi connectivity index (χ0) is 13.2. The van der Waals surface area contributed by atoms with Crippen LogP contribution in [-0.2, 0) is 6.42 Å². The minimum Gasteiger partial charge on any atom is -0.302 e. The van der Waals surface area contributed by atoms with Crippen LogP contribution in [0, 0.1) is 0 Å². The van der Waals surface area contributed by atoms with Gasteiger partial charge in [-0.3, -0.25) is 4.98 Å². The van der Waals surface area contributed by atoms with E-state index in [9.17, 15) is 0 Å². The summed E-state index contributed by atoms with van der Waals surface area (Å²) in [5.41, 5.74) is 4.26. The van der Waals surface area contributed by atoms with E-state index >= 15 is 0 Å². The number of pyridine rings is 1. The molecule has 5 heteroatoms. The molecule has 19 heavy (non-hydrogen) atoms. The molecule has 0 bridgehead atoms. The Labute approximate surface area is 120 Å². The third-order valence-corrected chi connectivity index (χ3v) is 4.05. The van der Waals surface area contributed by atoms with Crippen molar-refractivity contribution in [3.63, 3.8) is 0 Å². The Morgan fingerprint density at radius 2 is 2.32 bits per heavy atom. The predicted molar refractivity (Wildman–Crippen MR) is 79.1 cm³/mol. The summed E-state index contributed by atoms with van der Waals surface area (Å²) in [6.45, 7) is 2.13. The number of thiophene rings is 1. The first-order valence-corrected chi connectivity index (χ1v) is 7.26. The number of halogens is 1. The van der Waals surface area contributed by atoms with Crippen molar-refractivity contribution >= 4 is 22.9 Å². The lowest BCUT2D eigenvalue weighted by atomic mass is 10.1. The third-order valence-electron chi connectivity index (χ3n) is 2.97. The molecule has 3 aromatic rings. The molecule has 0 saturated heterocycles. The smallest absolute Gasteiger partial charge is 0.100 e. The largest absolute Gasteiger partial charge is 0.302 e. The Kier molecular flexibility index (Phi) is 3.36. The normalized spacial score (nSPS) is 10.8. The minimum atomic E-state index is 0.786. The summed E-state index contributed by atoms with van der Waals surface area (Å²) in [7, 11) is 0. The molecular formula is C14H12ClN3S. The standard InChI is InChI=1S/C14H12ClN3S/c1-2-12-14(10-4-3-5-16-7-10)17-9-18(12)11-6-13(15)19-8-11/h3-9H,2H2,1H3. The molecule has 0 spiro atoms. The van der Waals surface area contributed by atoms with Gasteiger partial charge in [0.15, 0.2) is 0 Å². The van der Waals surface area contributed by atoms with Crippen molar-refractivity contribution in [2.24, 2.45) is 0 Å². The Morgan fingerprint density at radius 1 is 1.42 bits per heavy atom. The average Bonchev–Trinajstić information content (AvgIpc) is 3.05. The van der Waals surface area contributed by atoms with Crippen LogP contribution >= 0.6 is 22.9 Å². The fourth-order valence-electron chi connectivity index (χ4n) is 2.11. The molecule has 0 radical (unpaired) electrons. The monoisotopic (exact) mass is 289 g/mol. The molecule has 0 unspecified atom stereocenters. The summed E-state index contributed by atoms with van der Waals surface area (Å²) in [5.74, 6) is 0. The van der Waals surface area contributed by atoms with Gasteiger partial charge in [-0.1, -0.05) is 18.5 Å². The number of imidazole rings is 1. The van der Waals surface area contributed by atoms with Crippen LogP contribution in [0.3, 0.4) is 0 Å². The minimum absolute atomic E-state index is 0.786. The summed E-state index contributed by atoms with van der Waals surface area (Å²) in [6, 6.07) is 5.91. The lowest BCUT2D eigenvalue weighted by Gasteiger charge is -2.06. The van der Waals surface area contributed by atoms with Crippen LogP contribution in [-0.4, -0.2) is 14.5 Å². The highest BCUT2D eigenvalue weighted by molar-refractivity contribution is 7.14. The maximum absolute atomic E-state index is 6.00. The van der Waals surface area contributed by atoms with E-state index in [2.05, 4.69) is 21.5 Å². The Bertz CT molecular complexity index is 688. The van der Waals surface area contributed by atoms with Crippen LogP contribution in [0.25, 0.3) is 16.9 Å². The van der Waals surface area contributed by atoms with Gasteiger partial charge < -0.3 is 4.57 Å². The molecule has 3 heterocycles. The number of hydrogen-bond donors (Lipinski definition) is 0. The van der Waals surface area contributed by atoms with Gasteiger partial charge in [0.1, 0.15) is 6.33 Å². The molecular weight excluding hydrogens is 278 g/mol. The molecule has 0 aliphatic heterocycles. The van der Waals surface area contributed by atoms with Crippen molar-refractivity contribution in [3.8, 4) is 16.9 Å². The SMILES string of the molecule is CCc1c(-c2cccnc2)ncn1-c1csc(Cl)c1. The van der Waals surface area contributed by atoms with Gasteiger partial charge in [-0.15, -0.1) is 11.3 Å². The van der Waals surface area contributed by atoms with Crippen LogP contribution in [0.15, 0.2) is 42.3 Å². The van der Waals surface area contributed by atoms with E-state index < -0.39 is 0 Å². The van der Waals surface area contributed by atoms with Gasteiger partial charge in [-0.2, -0.15) is 0 Å². The lowest BCUT2D eigenvalue weighted by Crippen LogP contribution is -1.97. The molecule has 0 aromatic carbocycles. The number of aromatic nitrogens is 3. The quantitative estimate of drug-likeness (QED) is 0.723. The van der Waals surface area contributed by atoms with Crippen molar-refractivity contribution in [2.75, 3.05) is 0 Å². The fraction of sp³-hybridized carbons (Fsp3) is 0.143. The second-order valence-electron chi connectivity index (χ2n) is 4.11. The first kappa shape index (κ1) is 12.4. The second kappa shape index (κ2) is 5.15. The zero-order valence-corrected chi connectivity index (χ0v) is 11.9. The third kappa shape index (κ3) is 2.29. The first-order valence-electron chi connectivity index (χ1n) is 6.00. The summed E-state index contributed by atoms with van der Waals surface area (Å²) in [4.78, 5) is 8.68. The van der Waals surface area contributed by atoms with E-state index in [1.54, 1.807) is 6.20 Å². The summed E-state index contributed by atoms with van der Waals surface area (Å²) < 4.78 is 2.87. The number of nitrogens with zero attached hydrogens (tertiary/aromatic N) is 3. The van der Waals surface area contributed by atoms with Crippen molar-refractivity contribution in [1.82, 2.24) is 14.5 Å². The van der Waals surface area contributed by atoms with Gasteiger partial charge in [0.2, 0.25) is 0 Å². The van der Waals surface area contributed by atoms with E-state index in [1.165, 1.54) is 17.0 Å². The number of hydrogen-bond acceptors (Lipinski definition) is 3. The molecule has 96 valence electrons. The van der Waals surface area contributed by atoms with Gasteiger partial charge >= 0.3 is 0 Å². The van der Waals surface area contributed by atoms with Crippen LogP contribution in [0.1, 0.15) is 12.6 Å². The fourth-order valence-corrected chi connectivity index (χ4v) is 2.95. The molecule has 3 aromatic heterocycles. The van der Waals surface area contributed by atoms with Crippen LogP contribution < -0.4 is 0 Å². The molecule has 0 saturated carbocycles. The van der Waals surface area contributed by atoms with Gasteiger partial charge in [0, 0.05) is 23.3 Å². The van der Waals surface area contributed by atoms with Crippen molar-refractivity contribution in [3.05, 3.63) is 52.3 Å². The summed E-state index contributed by atoms with van der Waals surface area (Å²) in [6.07, 6.45) is 6.36. The van der Waals surface area contributed by atoms with E-state index in [4.69, 9.17) is 11.6 Å². The van der Waals surface area contributed by atoms with Gasteiger partial charge in [0.05, 0.1) is 21.4 Å². The summed E-state index contributed by atoms with van der Waals surface area (Å²) in [5, 5.41) is 2.04. The maximum atomic E-state index is 6.00. The first-order chi connectivity index (χ1) is 9.29. The van der Waals surface area contributed by atoms with E-state index in [1.807, 2.05) is 36.1 Å². The lowest BCUT2D eigenvalue weighted by molar-refractivity contribution is 0.939. The molecule has 0 fully saturated rings. The molecule has 0 N–H and O–H groups in total. The van der Waals surface area contributed by atoms with Crippen molar-refractivity contribution < 1.29 is 0 Å². The topological polar surface area (TPSA) is 30.7 Å². The molecule has 0 aliphatic carbocycles. The second-order valence-corrected chi connectivity index (χ2v) is 5.66. The molecule has 0 atom stereocenters. The molecule has 3 nitrogen and oxygen atoms in total. The van der Waals surface area contributed by atoms with Crippen LogP contribution in [0.2, 0.25) is 4.34 Å². The van der Waals surface area contributed by atoms with Crippen molar-refractivity contribution in [2.45, 2.75) is 13.3 Å². The van der Waals surface area contributed by atoms with Gasteiger partial charge in [-0.05, 0) is 24.6 Å². The Hall–Kier alpha value is -1.65. The van der Waals surface area contributed by atoms with Crippen LogP contribution in [0.4, 0.5) is 0 Å². The predicted octanol–water partition coefficient (Wildman–Crippen LogP) is 4.21. The average molecular weight is 290 g/mol. The molecule has 3 rings (SSSR count). The van der Waals surface area contributed by atoms with Crippen molar-refractivity contribution in [1.29, 1.82) is 0 Å². The highest BCUT2D eigenvalue weighted by Gasteiger charge is 2.13. The van der Waals surface area contributed by atoms with E-state index in [-0.39, 0.29) is 0 Å². The molecule has 0 aliphatic rings. The summed E-state index contributed by atoms with van der Waals surface area (Å²) >= 11 is 7.53. The van der Waals surface area contributed by atoms with Gasteiger partial charge in [0.25, 0.3) is 0 Å². The number of rotatable bonds is 3. The Balaban J connectivity index is 2.12. The highest BCUT2D eigenvalue weighted by Crippen LogP contribution is 2.28. The maximum Gasteiger partial charge on any atom is 0.100 e. The zero-order valence-electron chi connectivity index (χ0n) is 10.4. The Morgan fingerprint density at radius 3 is 2.95 bits per heavy atom. The molecule has 0 amide bonds. The van der Waals surface area contributed by atoms with Crippen LogP contribution in [0.5, 0.6) is 0 Å². The highest BCUT2D eigenvalue weighted by atomic mass is 35.5. The van der Waals surface area contributed by atoms with Gasteiger partial charge in [-0.25, -0.2) is 4.98 Å². The van der Waals surface area contributed by atoms with E-state index in [0.29, 0.717) is 0 Å². The van der Waals surface area contributed by atoms with E-state index in [0.717, 1.165) is 27.7 Å².